The van der Waals surface area contributed by atoms with Crippen molar-refractivity contribution in [2.24, 2.45) is 0 Å². The highest BCUT2D eigenvalue weighted by Crippen LogP contribution is 2.32. The Bertz CT molecular complexity index is 1050. The minimum absolute atomic E-state index is 0.0542. The molecule has 0 radical (unpaired) electrons. The van der Waals surface area contributed by atoms with Gasteiger partial charge in [0.15, 0.2) is 6.61 Å². The Morgan fingerprint density at radius 3 is 3.00 bits per heavy atom. The summed E-state index contributed by atoms with van der Waals surface area (Å²) in [4.78, 5) is 18.9. The van der Waals surface area contributed by atoms with Crippen LogP contribution in [0.15, 0.2) is 47.8 Å². The van der Waals surface area contributed by atoms with Crippen molar-refractivity contribution in [2.75, 3.05) is 18.1 Å². The summed E-state index contributed by atoms with van der Waals surface area (Å²) in [6, 6.07) is 15.0. The van der Waals surface area contributed by atoms with Crippen LogP contribution in [0.5, 0.6) is 5.75 Å². The van der Waals surface area contributed by atoms with Crippen molar-refractivity contribution in [2.45, 2.75) is 13.3 Å². The van der Waals surface area contributed by atoms with Gasteiger partial charge >= 0.3 is 0 Å². The summed E-state index contributed by atoms with van der Waals surface area (Å²) in [6.07, 6.45) is 0.821. The number of nitrogens with zero attached hydrogens (tertiary/aromatic N) is 3. The van der Waals surface area contributed by atoms with Crippen molar-refractivity contribution < 1.29 is 9.53 Å². The fraction of sp³-hybridized carbons (Fsp3) is 0.190. The van der Waals surface area contributed by atoms with E-state index in [4.69, 9.17) is 10.00 Å². The highest BCUT2D eigenvalue weighted by Gasteiger charge is 2.25. The highest BCUT2D eigenvalue weighted by atomic mass is 32.1. The van der Waals surface area contributed by atoms with Gasteiger partial charge in [0, 0.05) is 23.2 Å². The van der Waals surface area contributed by atoms with E-state index in [1.54, 1.807) is 40.5 Å². The molecule has 2 heterocycles. The second kappa shape index (κ2) is 7.22. The van der Waals surface area contributed by atoms with Gasteiger partial charge in [0.1, 0.15) is 5.75 Å². The number of thiazole rings is 1. The summed E-state index contributed by atoms with van der Waals surface area (Å²) in [5.41, 5.74) is 4.65. The largest absolute Gasteiger partial charge is 0.484 e. The fourth-order valence-corrected chi connectivity index (χ4v) is 3.82. The minimum atomic E-state index is -0.0895. The first-order chi connectivity index (χ1) is 13.1. The quantitative estimate of drug-likeness (QED) is 0.692. The number of aryl methyl sites for hydroxylation is 1. The fourth-order valence-electron chi connectivity index (χ4n) is 3.19. The molecule has 0 spiro atoms. The van der Waals surface area contributed by atoms with Crippen LogP contribution < -0.4 is 9.64 Å². The lowest BCUT2D eigenvalue weighted by molar-refractivity contribution is -0.120. The smallest absolute Gasteiger partial charge is 0.264 e. The van der Waals surface area contributed by atoms with Crippen molar-refractivity contribution in [3.05, 3.63) is 64.0 Å². The Morgan fingerprint density at radius 2 is 2.22 bits per heavy atom. The van der Waals surface area contributed by atoms with Gasteiger partial charge in [-0.05, 0) is 49.2 Å². The van der Waals surface area contributed by atoms with Crippen LogP contribution in [-0.2, 0) is 11.2 Å². The molecule has 2 aromatic carbocycles. The summed E-state index contributed by atoms with van der Waals surface area (Å²) < 4.78 is 5.58. The maximum absolute atomic E-state index is 12.6. The van der Waals surface area contributed by atoms with Crippen molar-refractivity contribution in [3.8, 4) is 23.1 Å². The molecule has 0 saturated heterocycles. The van der Waals surface area contributed by atoms with E-state index in [1.807, 2.05) is 19.1 Å². The minimum Gasteiger partial charge on any atom is -0.484 e. The van der Waals surface area contributed by atoms with E-state index >= 15 is 0 Å². The molecule has 0 atom stereocenters. The van der Waals surface area contributed by atoms with Gasteiger partial charge in [0.05, 0.1) is 22.3 Å². The summed E-state index contributed by atoms with van der Waals surface area (Å²) in [5.74, 6) is 0.435. The van der Waals surface area contributed by atoms with Crippen molar-refractivity contribution >= 4 is 22.9 Å². The molecule has 0 unspecified atom stereocenters. The topological polar surface area (TPSA) is 66.2 Å². The van der Waals surface area contributed by atoms with Crippen LogP contribution in [0.25, 0.3) is 11.3 Å². The molecule has 0 N–H and O–H groups in total. The Morgan fingerprint density at radius 1 is 1.33 bits per heavy atom. The molecule has 6 heteroatoms. The number of amides is 1. The molecule has 27 heavy (non-hydrogen) atoms. The molecule has 1 aliphatic heterocycles. The zero-order valence-corrected chi connectivity index (χ0v) is 15.6. The van der Waals surface area contributed by atoms with Gasteiger partial charge < -0.3 is 9.64 Å². The van der Waals surface area contributed by atoms with Crippen molar-refractivity contribution in [3.63, 3.8) is 0 Å². The van der Waals surface area contributed by atoms with Crippen LogP contribution in [-0.4, -0.2) is 24.0 Å². The van der Waals surface area contributed by atoms with Gasteiger partial charge in [-0.25, -0.2) is 4.98 Å². The highest BCUT2D eigenvalue weighted by molar-refractivity contribution is 7.09. The molecule has 134 valence electrons. The third-order valence-corrected chi connectivity index (χ3v) is 5.29. The predicted octanol–water partition coefficient (Wildman–Crippen LogP) is 3.96. The lowest BCUT2D eigenvalue weighted by Crippen LogP contribution is -2.33. The Hall–Kier alpha value is -3.17. The molecule has 3 aromatic rings. The Balaban J connectivity index is 1.47. The molecule has 1 aromatic heterocycles. The van der Waals surface area contributed by atoms with Crippen LogP contribution in [0.4, 0.5) is 5.69 Å². The number of anilines is 1. The van der Waals surface area contributed by atoms with Crippen LogP contribution in [0.1, 0.15) is 16.1 Å². The molecule has 0 saturated carbocycles. The maximum Gasteiger partial charge on any atom is 0.264 e. The second-order valence-electron chi connectivity index (χ2n) is 6.32. The molecule has 1 aliphatic rings. The number of benzene rings is 2. The first kappa shape index (κ1) is 17.3. The average molecular weight is 375 g/mol. The molecule has 4 rings (SSSR count). The summed E-state index contributed by atoms with van der Waals surface area (Å²) in [5, 5.41) is 12.0. The van der Waals surface area contributed by atoms with Gasteiger partial charge in [-0.2, -0.15) is 5.26 Å². The van der Waals surface area contributed by atoms with Gasteiger partial charge in [-0.15, -0.1) is 11.3 Å². The third kappa shape index (κ3) is 3.55. The van der Waals surface area contributed by atoms with Crippen LogP contribution in [0.2, 0.25) is 0 Å². The number of aromatic nitrogens is 1. The number of nitriles is 1. The van der Waals surface area contributed by atoms with Crippen LogP contribution in [0.3, 0.4) is 0 Å². The predicted molar refractivity (Wildman–Crippen MR) is 105 cm³/mol. The number of rotatable bonds is 4. The third-order valence-electron chi connectivity index (χ3n) is 4.52. The van der Waals surface area contributed by atoms with Crippen molar-refractivity contribution in [1.82, 2.24) is 4.98 Å². The number of fused-ring (bicyclic) bond motifs is 1. The number of hydrogen-bond acceptors (Lipinski definition) is 5. The lowest BCUT2D eigenvalue weighted by atomic mass is 10.1. The van der Waals surface area contributed by atoms with Gasteiger partial charge in [-0.1, -0.05) is 12.1 Å². The monoisotopic (exact) mass is 375 g/mol. The zero-order valence-electron chi connectivity index (χ0n) is 14.8. The Kier molecular flexibility index (Phi) is 4.61. The van der Waals surface area contributed by atoms with Gasteiger partial charge in [-0.3, -0.25) is 4.79 Å². The van der Waals surface area contributed by atoms with Crippen molar-refractivity contribution in [1.29, 1.82) is 5.26 Å². The SMILES string of the molecule is Cc1nc(-c2ccc3c(c2)CCN3C(=O)COc2cccc(C#N)c2)cs1. The number of carbonyl (C=O) groups is 1. The van der Waals surface area contributed by atoms with Gasteiger partial charge in [0.2, 0.25) is 0 Å². The normalized spacial score (nSPS) is 12.5. The van der Waals surface area contributed by atoms with E-state index in [0.717, 1.165) is 33.9 Å². The average Bonchev–Trinajstić information content (AvgIpc) is 3.32. The summed E-state index contributed by atoms with van der Waals surface area (Å²) >= 11 is 1.63. The van der Waals surface area contributed by atoms with E-state index in [0.29, 0.717) is 17.9 Å². The van der Waals surface area contributed by atoms with Gasteiger partial charge in [0.25, 0.3) is 5.91 Å². The van der Waals surface area contributed by atoms with Crippen LogP contribution >= 0.6 is 11.3 Å². The molecule has 0 bridgehead atoms. The molecular formula is C21H17N3O2S. The molecule has 0 aliphatic carbocycles. The molecular weight excluding hydrogens is 358 g/mol. The summed E-state index contributed by atoms with van der Waals surface area (Å²) in [6.45, 7) is 2.59. The Labute approximate surface area is 161 Å². The number of ether oxygens (including phenoxy) is 1. The molecule has 1 amide bonds. The molecule has 5 nitrogen and oxygen atoms in total. The first-order valence-electron chi connectivity index (χ1n) is 8.63. The van der Waals surface area contributed by atoms with E-state index < -0.39 is 0 Å². The lowest BCUT2D eigenvalue weighted by Gasteiger charge is -2.18. The first-order valence-corrected chi connectivity index (χ1v) is 9.51. The molecule has 0 fully saturated rings. The van der Waals surface area contributed by atoms with E-state index in [2.05, 4.69) is 22.5 Å². The van der Waals surface area contributed by atoms with E-state index in [9.17, 15) is 4.79 Å². The van der Waals surface area contributed by atoms with E-state index in [-0.39, 0.29) is 12.5 Å². The zero-order chi connectivity index (χ0) is 18.8. The number of hydrogen-bond donors (Lipinski definition) is 0. The van der Waals surface area contributed by atoms with Crippen LogP contribution in [0, 0.1) is 18.3 Å². The maximum atomic E-state index is 12.6. The van der Waals surface area contributed by atoms with E-state index in [1.165, 1.54) is 0 Å². The standard InChI is InChI=1S/C21H17N3O2S/c1-14-23-19(13-27-14)16-5-6-20-17(10-16)7-8-24(20)21(25)12-26-18-4-2-3-15(9-18)11-22/h2-6,9-10,13H,7-8,12H2,1H3. The number of carbonyl (C=O) groups excluding carboxylic acids is 1. The summed E-state index contributed by atoms with van der Waals surface area (Å²) in [7, 11) is 0. The second-order valence-corrected chi connectivity index (χ2v) is 7.38.